The number of H-pyrrole nitrogens is 1. The molecule has 1 fully saturated rings. The Hall–Kier alpha value is -0.840. The second kappa shape index (κ2) is 4.83. The molecule has 2 N–H and O–H groups in total. The number of aliphatic hydroxyl groups is 1. The van der Waals surface area contributed by atoms with Crippen molar-refractivity contribution in [2.75, 3.05) is 19.7 Å². The lowest BCUT2D eigenvalue weighted by atomic mass is 9.72. The molecule has 0 saturated carbocycles. The van der Waals surface area contributed by atoms with Gasteiger partial charge in [0.05, 0.1) is 5.54 Å². The van der Waals surface area contributed by atoms with Gasteiger partial charge in [-0.2, -0.15) is 0 Å². The van der Waals surface area contributed by atoms with Crippen LogP contribution in [0, 0.1) is 5.92 Å². The number of hydrogen-bond acceptors (Lipinski definition) is 2. The van der Waals surface area contributed by atoms with Crippen molar-refractivity contribution in [3.8, 4) is 0 Å². The van der Waals surface area contributed by atoms with E-state index in [4.69, 9.17) is 0 Å². The molecule has 0 aliphatic carbocycles. The predicted octanol–water partition coefficient (Wildman–Crippen LogP) is 3.41. The molecule has 1 aromatic heterocycles. The molecule has 2 aromatic rings. The first kappa shape index (κ1) is 13.8. The summed E-state index contributed by atoms with van der Waals surface area (Å²) in [7, 11) is 0. The fourth-order valence-corrected chi connectivity index (χ4v) is 4.80. The van der Waals surface area contributed by atoms with Gasteiger partial charge in [-0.25, -0.2) is 0 Å². The van der Waals surface area contributed by atoms with Crippen LogP contribution in [0.1, 0.15) is 31.0 Å². The quantitative estimate of drug-likeness (QED) is 0.828. The topological polar surface area (TPSA) is 39.3 Å². The van der Waals surface area contributed by atoms with E-state index in [0.29, 0.717) is 5.92 Å². The number of aromatic nitrogens is 1. The Balaban J connectivity index is 1.94. The highest BCUT2D eigenvalue weighted by Crippen LogP contribution is 2.47. The van der Waals surface area contributed by atoms with Crippen molar-refractivity contribution in [1.29, 1.82) is 0 Å². The van der Waals surface area contributed by atoms with Gasteiger partial charge in [-0.3, -0.25) is 4.90 Å². The van der Waals surface area contributed by atoms with E-state index in [1.165, 1.54) is 28.6 Å². The first-order valence-corrected chi connectivity index (χ1v) is 8.60. The van der Waals surface area contributed by atoms with Gasteiger partial charge in [-0.05, 0) is 50.4 Å². The van der Waals surface area contributed by atoms with E-state index in [2.05, 4.69) is 50.9 Å². The lowest BCUT2D eigenvalue weighted by Gasteiger charge is -2.52. The monoisotopic (exact) mass is 348 g/mol. The van der Waals surface area contributed by atoms with Crippen molar-refractivity contribution in [2.24, 2.45) is 5.92 Å². The van der Waals surface area contributed by atoms with Crippen molar-refractivity contribution >= 4 is 26.8 Å². The Morgan fingerprint density at radius 1 is 1.43 bits per heavy atom. The molecule has 2 aliphatic rings. The van der Waals surface area contributed by atoms with Gasteiger partial charge < -0.3 is 10.1 Å². The zero-order valence-corrected chi connectivity index (χ0v) is 13.9. The van der Waals surface area contributed by atoms with E-state index in [1.54, 1.807) is 0 Å². The minimum atomic E-state index is -0.0495. The largest absolute Gasteiger partial charge is 0.396 e. The number of benzene rings is 1. The molecule has 2 atom stereocenters. The average molecular weight is 349 g/mol. The van der Waals surface area contributed by atoms with Crippen LogP contribution in [0.2, 0.25) is 0 Å². The molecular formula is C17H21BrN2O. The normalized spacial score (nSPS) is 29.4. The van der Waals surface area contributed by atoms with E-state index in [1.807, 2.05) is 0 Å². The number of fused-ring (bicyclic) bond motifs is 5. The van der Waals surface area contributed by atoms with Crippen LogP contribution in [0.15, 0.2) is 22.7 Å². The lowest BCUT2D eigenvalue weighted by Crippen LogP contribution is -2.57. The van der Waals surface area contributed by atoms with Gasteiger partial charge in [-0.15, -0.1) is 0 Å². The van der Waals surface area contributed by atoms with Crippen molar-refractivity contribution < 1.29 is 5.11 Å². The van der Waals surface area contributed by atoms with Crippen molar-refractivity contribution in [3.63, 3.8) is 0 Å². The Labute approximate surface area is 133 Å². The van der Waals surface area contributed by atoms with Gasteiger partial charge in [-0.1, -0.05) is 22.0 Å². The van der Waals surface area contributed by atoms with Gasteiger partial charge >= 0.3 is 0 Å². The number of piperidine rings is 1. The molecule has 1 saturated heterocycles. The minimum absolute atomic E-state index is 0.0495. The maximum atomic E-state index is 9.89. The van der Waals surface area contributed by atoms with Crippen molar-refractivity contribution in [1.82, 2.24) is 9.88 Å². The molecule has 2 unspecified atom stereocenters. The number of hydrogen-bond donors (Lipinski definition) is 2. The third-order valence-corrected chi connectivity index (χ3v) is 6.15. The van der Waals surface area contributed by atoms with Crippen LogP contribution in [-0.2, 0) is 12.0 Å². The molecule has 2 aliphatic heterocycles. The molecule has 4 heteroatoms. The fourth-order valence-electron chi connectivity index (χ4n) is 4.44. The highest BCUT2D eigenvalue weighted by molar-refractivity contribution is 9.10. The predicted molar refractivity (Wildman–Crippen MR) is 88.4 cm³/mol. The van der Waals surface area contributed by atoms with E-state index < -0.39 is 0 Å². The minimum Gasteiger partial charge on any atom is -0.396 e. The first-order valence-electron chi connectivity index (χ1n) is 7.81. The number of rotatable bonds is 1. The van der Waals surface area contributed by atoms with E-state index >= 15 is 0 Å². The number of nitrogens with zero attached hydrogens (tertiary/aromatic N) is 1. The summed E-state index contributed by atoms with van der Waals surface area (Å²) < 4.78 is 1.11. The molecule has 4 rings (SSSR count). The number of aromatic amines is 1. The van der Waals surface area contributed by atoms with Gasteiger partial charge in [0.1, 0.15) is 0 Å². The standard InChI is InChI=1S/C17H21BrN2O/c1-17-11(10-21)3-2-7-20(17)8-6-14-13-5-4-12(18)9-15(13)19-16(14)17/h4-5,9,11,19,21H,2-3,6-8,10H2,1H3. The number of nitrogens with one attached hydrogen (secondary N) is 1. The second-order valence-electron chi connectivity index (χ2n) is 6.57. The average Bonchev–Trinajstić information content (AvgIpc) is 2.85. The molecule has 0 spiro atoms. The van der Waals surface area contributed by atoms with Crippen LogP contribution in [-0.4, -0.2) is 34.7 Å². The van der Waals surface area contributed by atoms with E-state index in [-0.39, 0.29) is 12.1 Å². The van der Waals surface area contributed by atoms with Crippen molar-refractivity contribution in [3.05, 3.63) is 33.9 Å². The zero-order valence-electron chi connectivity index (χ0n) is 12.3. The summed E-state index contributed by atoms with van der Waals surface area (Å²) in [4.78, 5) is 6.25. The van der Waals surface area contributed by atoms with Gasteiger partial charge in [0.25, 0.3) is 0 Å². The smallest absolute Gasteiger partial charge is 0.0636 e. The van der Waals surface area contributed by atoms with Crippen LogP contribution in [0.3, 0.4) is 0 Å². The summed E-state index contributed by atoms with van der Waals surface area (Å²) in [5, 5.41) is 11.2. The Kier molecular flexibility index (Phi) is 3.18. The van der Waals surface area contributed by atoms with Crippen LogP contribution in [0.5, 0.6) is 0 Å². The van der Waals surface area contributed by atoms with Gasteiger partial charge in [0.2, 0.25) is 0 Å². The molecule has 0 amide bonds. The molecule has 0 bridgehead atoms. The summed E-state index contributed by atoms with van der Waals surface area (Å²) in [5.41, 5.74) is 3.95. The summed E-state index contributed by atoms with van der Waals surface area (Å²) in [6.07, 6.45) is 3.41. The van der Waals surface area contributed by atoms with Gasteiger partial charge in [0, 0.05) is 40.1 Å². The molecule has 1 aromatic carbocycles. The molecule has 3 heterocycles. The summed E-state index contributed by atoms with van der Waals surface area (Å²) >= 11 is 3.56. The Morgan fingerprint density at radius 3 is 3.10 bits per heavy atom. The SMILES string of the molecule is CC12c3[nH]c4cc(Br)ccc4c3CCN1CCCC2CO. The third kappa shape index (κ3) is 1.85. The lowest BCUT2D eigenvalue weighted by molar-refractivity contribution is -0.0303. The van der Waals surface area contributed by atoms with Crippen LogP contribution >= 0.6 is 15.9 Å². The molecule has 112 valence electrons. The van der Waals surface area contributed by atoms with E-state index in [9.17, 15) is 5.11 Å². The van der Waals surface area contributed by atoms with Crippen LogP contribution in [0.4, 0.5) is 0 Å². The Bertz CT molecular complexity index is 695. The fraction of sp³-hybridized carbons (Fsp3) is 0.529. The van der Waals surface area contributed by atoms with Crippen LogP contribution in [0.25, 0.3) is 10.9 Å². The first-order chi connectivity index (χ1) is 10.1. The Morgan fingerprint density at radius 2 is 2.29 bits per heavy atom. The highest BCUT2D eigenvalue weighted by atomic mass is 79.9. The molecule has 21 heavy (non-hydrogen) atoms. The second-order valence-corrected chi connectivity index (χ2v) is 7.49. The summed E-state index contributed by atoms with van der Waals surface area (Å²) in [6.45, 7) is 4.83. The molecule has 0 radical (unpaired) electrons. The van der Waals surface area contributed by atoms with Crippen molar-refractivity contribution in [2.45, 2.75) is 31.7 Å². The number of halogens is 1. The zero-order chi connectivity index (χ0) is 14.6. The maximum absolute atomic E-state index is 9.89. The molecular weight excluding hydrogens is 328 g/mol. The summed E-state index contributed by atoms with van der Waals surface area (Å²) in [5.74, 6) is 0.321. The van der Waals surface area contributed by atoms with Crippen LogP contribution < -0.4 is 0 Å². The van der Waals surface area contributed by atoms with E-state index in [0.717, 1.165) is 30.4 Å². The number of aliphatic hydroxyl groups excluding tert-OH is 1. The maximum Gasteiger partial charge on any atom is 0.0636 e. The van der Waals surface area contributed by atoms with Gasteiger partial charge in [0.15, 0.2) is 0 Å². The summed E-state index contributed by atoms with van der Waals surface area (Å²) in [6, 6.07) is 6.50. The highest BCUT2D eigenvalue weighted by Gasteiger charge is 2.47. The third-order valence-electron chi connectivity index (χ3n) is 5.66. The molecule has 3 nitrogen and oxygen atoms in total.